The van der Waals surface area contributed by atoms with Gasteiger partial charge in [0.1, 0.15) is 11.5 Å². The van der Waals surface area contributed by atoms with Crippen LogP contribution in [-0.4, -0.2) is 37.4 Å². The van der Waals surface area contributed by atoms with Crippen LogP contribution in [0.2, 0.25) is 0 Å². The van der Waals surface area contributed by atoms with Crippen molar-refractivity contribution in [1.29, 1.82) is 0 Å². The second-order valence-corrected chi connectivity index (χ2v) is 6.45. The highest BCUT2D eigenvalue weighted by Crippen LogP contribution is 2.26. The third-order valence-corrected chi connectivity index (χ3v) is 4.55. The van der Waals surface area contributed by atoms with E-state index in [0.717, 1.165) is 11.3 Å². The van der Waals surface area contributed by atoms with Crippen molar-refractivity contribution in [3.63, 3.8) is 0 Å². The van der Waals surface area contributed by atoms with Crippen LogP contribution in [0.4, 0.5) is 13.2 Å². The highest BCUT2D eigenvalue weighted by atomic mass is 19.4. The molecule has 8 heteroatoms. The molecular weight excluding hydrogens is 385 g/mol. The Hall–Kier alpha value is -2.74. The predicted octanol–water partition coefficient (Wildman–Crippen LogP) is 4.29. The molecule has 0 aliphatic rings. The van der Waals surface area contributed by atoms with Gasteiger partial charge in [0.05, 0.1) is 13.7 Å². The lowest BCUT2D eigenvalue weighted by Crippen LogP contribution is -2.38. The molecule has 1 atom stereocenters. The first-order valence-electron chi connectivity index (χ1n) is 9.21. The number of ether oxygens (including phenoxy) is 2. The molecule has 0 spiro atoms. The molecule has 0 radical (unpaired) electrons. The van der Waals surface area contributed by atoms with Crippen molar-refractivity contribution in [2.24, 2.45) is 0 Å². The van der Waals surface area contributed by atoms with Crippen LogP contribution in [0, 0.1) is 0 Å². The highest BCUT2D eigenvalue weighted by molar-refractivity contribution is 5.78. The van der Waals surface area contributed by atoms with Gasteiger partial charge in [-0.1, -0.05) is 37.3 Å². The number of carbonyl (C=O) groups is 1. The summed E-state index contributed by atoms with van der Waals surface area (Å²) in [6, 6.07) is 13.3. The molecule has 2 aromatic carbocycles. The monoisotopic (exact) mass is 410 g/mol. The van der Waals surface area contributed by atoms with Gasteiger partial charge in [-0.25, -0.2) is 0 Å². The van der Waals surface area contributed by atoms with Gasteiger partial charge in [-0.2, -0.15) is 0 Å². The number of methoxy groups -OCH3 is 1. The summed E-state index contributed by atoms with van der Waals surface area (Å²) in [6.45, 7) is 4.60. The first-order valence-corrected chi connectivity index (χ1v) is 9.21. The van der Waals surface area contributed by atoms with Crippen LogP contribution in [0.15, 0.2) is 48.5 Å². The molecular formula is C21H25F3N2O3. The molecule has 0 saturated heterocycles. The van der Waals surface area contributed by atoms with Crippen molar-refractivity contribution >= 4 is 5.91 Å². The Labute approximate surface area is 168 Å². The first kappa shape index (κ1) is 22.5. The van der Waals surface area contributed by atoms with Crippen LogP contribution < -0.4 is 14.8 Å². The maximum Gasteiger partial charge on any atom is 0.573 e. The first-order chi connectivity index (χ1) is 13.7. The third kappa shape index (κ3) is 6.98. The fourth-order valence-electron chi connectivity index (χ4n) is 2.94. The quantitative estimate of drug-likeness (QED) is 0.670. The summed E-state index contributed by atoms with van der Waals surface area (Å²) in [5, 5.41) is 2.67. The van der Waals surface area contributed by atoms with E-state index in [1.165, 1.54) is 18.2 Å². The number of benzene rings is 2. The van der Waals surface area contributed by atoms with Crippen LogP contribution in [0.1, 0.15) is 31.0 Å². The molecule has 5 nitrogen and oxygen atoms in total. The summed E-state index contributed by atoms with van der Waals surface area (Å²) in [4.78, 5) is 14.4. The Morgan fingerprint density at radius 1 is 1.17 bits per heavy atom. The number of nitrogens with one attached hydrogen (secondary N) is 1. The second-order valence-electron chi connectivity index (χ2n) is 6.45. The molecule has 0 aliphatic carbocycles. The number of hydrogen-bond donors (Lipinski definition) is 1. The minimum absolute atomic E-state index is 0.0401. The molecule has 29 heavy (non-hydrogen) atoms. The number of carbonyl (C=O) groups excluding carboxylic acids is 1. The van der Waals surface area contributed by atoms with Gasteiger partial charge in [-0.15, -0.1) is 13.2 Å². The van der Waals surface area contributed by atoms with Gasteiger partial charge in [0, 0.05) is 18.2 Å². The van der Waals surface area contributed by atoms with Gasteiger partial charge in [-0.3, -0.25) is 9.69 Å². The van der Waals surface area contributed by atoms with Gasteiger partial charge in [0.2, 0.25) is 5.91 Å². The number of nitrogens with zero attached hydrogens (tertiary/aromatic N) is 1. The molecule has 0 saturated carbocycles. The normalized spacial score (nSPS) is 12.5. The fraction of sp³-hybridized carbons (Fsp3) is 0.381. The van der Waals surface area contributed by atoms with E-state index in [1.807, 2.05) is 43.0 Å². The molecule has 2 aromatic rings. The number of alkyl halides is 3. The molecule has 1 amide bonds. The summed E-state index contributed by atoms with van der Waals surface area (Å²) in [5.41, 5.74) is 1.25. The van der Waals surface area contributed by atoms with Crippen molar-refractivity contribution < 1.29 is 27.4 Å². The predicted molar refractivity (Wildman–Crippen MR) is 104 cm³/mol. The lowest BCUT2D eigenvalue weighted by Gasteiger charge is -2.27. The second kappa shape index (κ2) is 10.2. The summed E-state index contributed by atoms with van der Waals surface area (Å²) in [7, 11) is 1.59. The summed E-state index contributed by atoms with van der Waals surface area (Å²) in [5.74, 6) is 0.122. The van der Waals surface area contributed by atoms with Crippen LogP contribution in [0.3, 0.4) is 0 Å². The topological polar surface area (TPSA) is 50.8 Å². The fourth-order valence-corrected chi connectivity index (χ4v) is 2.94. The van der Waals surface area contributed by atoms with E-state index in [2.05, 4.69) is 10.1 Å². The molecule has 1 unspecified atom stereocenters. The molecule has 0 aromatic heterocycles. The van der Waals surface area contributed by atoms with E-state index >= 15 is 0 Å². The highest BCUT2D eigenvalue weighted by Gasteiger charge is 2.32. The third-order valence-electron chi connectivity index (χ3n) is 4.55. The molecule has 0 bridgehead atoms. The summed E-state index contributed by atoms with van der Waals surface area (Å²) >= 11 is 0. The van der Waals surface area contributed by atoms with Crippen molar-refractivity contribution in [3.05, 3.63) is 59.7 Å². The minimum atomic E-state index is -4.79. The number of rotatable bonds is 9. The molecule has 158 valence electrons. The van der Waals surface area contributed by atoms with Crippen molar-refractivity contribution in [2.45, 2.75) is 32.8 Å². The van der Waals surface area contributed by atoms with Gasteiger partial charge < -0.3 is 14.8 Å². The SMILES string of the molecule is CCN(CC(=O)NCc1ccccc1OC(F)(F)F)C(C)c1cccc(OC)c1. The van der Waals surface area contributed by atoms with E-state index in [9.17, 15) is 18.0 Å². The van der Waals surface area contributed by atoms with Gasteiger partial charge in [0.15, 0.2) is 0 Å². The largest absolute Gasteiger partial charge is 0.573 e. The van der Waals surface area contributed by atoms with Gasteiger partial charge >= 0.3 is 6.36 Å². The van der Waals surface area contributed by atoms with Crippen LogP contribution >= 0.6 is 0 Å². The van der Waals surface area contributed by atoms with Crippen molar-refractivity contribution in [1.82, 2.24) is 10.2 Å². The average Bonchev–Trinajstić information content (AvgIpc) is 2.69. The minimum Gasteiger partial charge on any atom is -0.497 e. The zero-order valence-corrected chi connectivity index (χ0v) is 16.6. The summed E-state index contributed by atoms with van der Waals surface area (Å²) in [6.07, 6.45) is -4.79. The zero-order valence-electron chi connectivity index (χ0n) is 16.6. The molecule has 0 fully saturated rings. The van der Waals surface area contributed by atoms with E-state index in [-0.39, 0.29) is 36.4 Å². The Morgan fingerprint density at radius 2 is 1.90 bits per heavy atom. The summed E-state index contributed by atoms with van der Waals surface area (Å²) < 4.78 is 46.8. The number of likely N-dealkylation sites (N-methyl/N-ethyl adjacent to an activating group) is 1. The maximum absolute atomic E-state index is 12.5. The Balaban J connectivity index is 1.99. The number of para-hydroxylation sites is 1. The van der Waals surface area contributed by atoms with E-state index < -0.39 is 6.36 Å². The number of amides is 1. The van der Waals surface area contributed by atoms with Crippen molar-refractivity contribution in [3.8, 4) is 11.5 Å². The zero-order chi connectivity index (χ0) is 21.4. The van der Waals surface area contributed by atoms with Gasteiger partial charge in [0.25, 0.3) is 0 Å². The molecule has 0 aliphatic heterocycles. The molecule has 0 heterocycles. The van der Waals surface area contributed by atoms with E-state index in [1.54, 1.807) is 13.2 Å². The molecule has 1 N–H and O–H groups in total. The number of halogens is 3. The average molecular weight is 410 g/mol. The van der Waals surface area contributed by atoms with Gasteiger partial charge in [-0.05, 0) is 37.2 Å². The standard InChI is InChI=1S/C21H25F3N2O3/c1-4-26(15(2)16-9-7-10-18(12-16)28-3)14-20(27)25-13-17-8-5-6-11-19(17)29-21(22,23)24/h5-12,15H,4,13-14H2,1-3H3,(H,25,27). The Bertz CT molecular complexity index is 812. The Kier molecular flexibility index (Phi) is 7.90. The lowest BCUT2D eigenvalue weighted by atomic mass is 10.1. The van der Waals surface area contributed by atoms with Crippen LogP contribution in [-0.2, 0) is 11.3 Å². The number of hydrogen-bond acceptors (Lipinski definition) is 4. The lowest BCUT2D eigenvalue weighted by molar-refractivity contribution is -0.274. The van der Waals surface area contributed by atoms with Crippen LogP contribution in [0.5, 0.6) is 11.5 Å². The smallest absolute Gasteiger partial charge is 0.497 e. The maximum atomic E-state index is 12.5. The van der Waals surface area contributed by atoms with Crippen LogP contribution in [0.25, 0.3) is 0 Å². The molecule has 2 rings (SSSR count). The van der Waals surface area contributed by atoms with Crippen molar-refractivity contribution in [2.75, 3.05) is 20.2 Å². The van der Waals surface area contributed by atoms with E-state index in [0.29, 0.717) is 6.54 Å². The van der Waals surface area contributed by atoms with E-state index in [4.69, 9.17) is 4.74 Å². The Morgan fingerprint density at radius 3 is 2.55 bits per heavy atom.